The van der Waals surface area contributed by atoms with Gasteiger partial charge in [0, 0.05) is 6.42 Å². The first-order valence-corrected chi connectivity index (χ1v) is 12.0. The summed E-state index contributed by atoms with van der Waals surface area (Å²) in [5.74, 6) is -110. The fourth-order valence-corrected chi connectivity index (χ4v) is 3.18. The van der Waals surface area contributed by atoms with E-state index in [4.69, 9.17) is 9.79 Å². The first kappa shape index (κ1) is 46.2. The molecule has 0 saturated carbocycles. The van der Waals surface area contributed by atoms with Gasteiger partial charge in [0.05, 0.1) is 6.61 Å². The molecule has 48 heavy (non-hydrogen) atoms. The van der Waals surface area contributed by atoms with Crippen LogP contribution in [0.3, 0.4) is 0 Å². The summed E-state index contributed by atoms with van der Waals surface area (Å²) in [6, 6.07) is 0. The van der Waals surface area contributed by atoms with E-state index >= 15 is 0 Å². The molecule has 0 radical (unpaired) electrons. The quantitative estimate of drug-likeness (QED) is 0.0929. The molecule has 0 amide bonds. The van der Waals surface area contributed by atoms with Crippen LogP contribution < -0.4 is 0 Å². The normalized spacial score (nSPS) is 16.9. The minimum atomic E-state index is -9.84. The summed E-state index contributed by atoms with van der Waals surface area (Å²) in [4.78, 5) is 16.4. The number of phosphoric ester groups is 1. The molecular formula is C16H8F27O4P. The van der Waals surface area contributed by atoms with Crippen molar-refractivity contribution in [3.8, 4) is 0 Å². The molecule has 0 heterocycles. The highest BCUT2D eigenvalue weighted by molar-refractivity contribution is 7.46. The number of hydrogen-bond acceptors (Lipinski definition) is 2. The number of phosphoric acid groups is 1. The third kappa shape index (κ3) is 6.22. The fourth-order valence-electron chi connectivity index (χ4n) is 2.82. The van der Waals surface area contributed by atoms with Crippen molar-refractivity contribution in [2.45, 2.75) is 90.1 Å². The Morgan fingerprint density at radius 1 is 0.375 bits per heavy atom. The van der Waals surface area contributed by atoms with Crippen molar-refractivity contribution in [1.82, 2.24) is 0 Å². The summed E-state index contributed by atoms with van der Waals surface area (Å²) < 4.78 is 375. The van der Waals surface area contributed by atoms with Crippen molar-refractivity contribution in [2.24, 2.45) is 0 Å². The molecule has 4 nitrogen and oxygen atoms in total. The maximum atomic E-state index is 13.8. The van der Waals surface area contributed by atoms with E-state index in [1.807, 2.05) is 0 Å². The molecule has 0 aromatic carbocycles. The van der Waals surface area contributed by atoms with Gasteiger partial charge in [-0.25, -0.2) is 4.57 Å². The Morgan fingerprint density at radius 2 is 0.583 bits per heavy atom. The van der Waals surface area contributed by atoms with Crippen LogP contribution in [0.25, 0.3) is 0 Å². The Morgan fingerprint density at radius 3 is 0.792 bits per heavy atom. The lowest BCUT2D eigenvalue weighted by molar-refractivity contribution is -0.485. The third-order valence-corrected chi connectivity index (χ3v) is 6.17. The monoisotopic (exact) mass is 808 g/mol. The number of rotatable bonds is 16. The van der Waals surface area contributed by atoms with Crippen LogP contribution in [0.15, 0.2) is 0 Å². The van der Waals surface area contributed by atoms with E-state index in [2.05, 4.69) is 4.52 Å². The topological polar surface area (TPSA) is 66.8 Å². The van der Waals surface area contributed by atoms with Crippen molar-refractivity contribution in [3.63, 3.8) is 0 Å². The molecule has 0 saturated heterocycles. The van der Waals surface area contributed by atoms with Gasteiger partial charge < -0.3 is 9.79 Å². The highest BCUT2D eigenvalue weighted by Gasteiger charge is 3.00. The Bertz CT molecular complexity index is 1200. The SMILES string of the molecule is O=P(O)(O)OCCCC(F)(F)C(F)(F)C(F)(F)C(F)(F)C(F)(F)C(F)(F)C(F)(F)C(F)(F)C(F)(F)C(F)(F)C(F)(F)C(F)(F)C(F)(F)F. The van der Waals surface area contributed by atoms with E-state index in [1.54, 1.807) is 0 Å². The summed E-state index contributed by atoms with van der Waals surface area (Å²) in [7, 11) is -5.71. The van der Waals surface area contributed by atoms with Gasteiger partial charge in [-0.15, -0.1) is 0 Å². The molecule has 2 N–H and O–H groups in total. The average Bonchev–Trinajstić information content (AvgIpc) is 2.83. The van der Waals surface area contributed by atoms with Crippen LogP contribution in [0.1, 0.15) is 12.8 Å². The van der Waals surface area contributed by atoms with E-state index < -0.39 is 105 Å². The van der Waals surface area contributed by atoms with Crippen molar-refractivity contribution in [2.75, 3.05) is 6.61 Å². The molecule has 0 aliphatic rings. The first-order valence-electron chi connectivity index (χ1n) is 10.5. The lowest BCUT2D eigenvalue weighted by Crippen LogP contribution is -2.78. The van der Waals surface area contributed by atoms with E-state index in [0.717, 1.165) is 0 Å². The average molecular weight is 808 g/mol. The van der Waals surface area contributed by atoms with Gasteiger partial charge in [0.15, 0.2) is 0 Å². The van der Waals surface area contributed by atoms with Crippen LogP contribution >= 0.6 is 7.82 Å². The standard InChI is InChI=1S/C16H8F27O4P/c17-4(18,2-1-3-47-48(44,45)46)5(19,20)6(21,22)7(23,24)8(25,26)9(27,28)10(29,30)11(31,32)12(33,34)13(35,36)14(37,38)15(39,40)16(41,42)43/h1-3H2,(H2,44,45,46). The largest absolute Gasteiger partial charge is 0.469 e. The van der Waals surface area contributed by atoms with Crippen molar-refractivity contribution in [3.05, 3.63) is 0 Å². The molecule has 0 aromatic heterocycles. The first-order chi connectivity index (χ1) is 20.2. The second-order valence-electron chi connectivity index (χ2n) is 8.95. The van der Waals surface area contributed by atoms with Crippen LogP contribution in [-0.4, -0.2) is 93.6 Å². The van der Waals surface area contributed by atoms with Crippen LogP contribution in [0.5, 0.6) is 0 Å². The highest BCUT2D eigenvalue weighted by atomic mass is 31.2. The second-order valence-corrected chi connectivity index (χ2v) is 10.2. The predicted octanol–water partition coefficient (Wildman–Crippen LogP) is 9.06. The van der Waals surface area contributed by atoms with Gasteiger partial charge in [0.2, 0.25) is 0 Å². The zero-order chi connectivity index (χ0) is 39.8. The Balaban J connectivity index is 7.19. The van der Waals surface area contributed by atoms with Crippen molar-refractivity contribution in [1.29, 1.82) is 0 Å². The van der Waals surface area contributed by atoms with Crippen LogP contribution in [0.2, 0.25) is 0 Å². The van der Waals surface area contributed by atoms with Gasteiger partial charge in [-0.05, 0) is 6.42 Å². The van der Waals surface area contributed by atoms with Crippen LogP contribution in [0.4, 0.5) is 119 Å². The maximum Gasteiger partial charge on any atom is 0.469 e. The van der Waals surface area contributed by atoms with E-state index in [-0.39, 0.29) is 0 Å². The van der Waals surface area contributed by atoms with Gasteiger partial charge in [0.25, 0.3) is 0 Å². The van der Waals surface area contributed by atoms with E-state index in [0.29, 0.717) is 0 Å². The summed E-state index contributed by atoms with van der Waals surface area (Å²) >= 11 is 0. The smallest absolute Gasteiger partial charge is 0.303 e. The van der Waals surface area contributed by atoms with Gasteiger partial charge in [-0.2, -0.15) is 119 Å². The van der Waals surface area contributed by atoms with E-state index in [1.165, 1.54) is 0 Å². The lowest BCUT2D eigenvalue weighted by Gasteiger charge is -2.46. The molecule has 32 heteroatoms. The molecule has 0 unspecified atom stereocenters. The van der Waals surface area contributed by atoms with Gasteiger partial charge >= 0.3 is 85.1 Å². The molecule has 0 aliphatic heterocycles. The highest BCUT2D eigenvalue weighted by Crippen LogP contribution is 2.68. The molecule has 0 spiro atoms. The minimum Gasteiger partial charge on any atom is -0.303 e. The molecule has 0 bridgehead atoms. The molecule has 0 rings (SSSR count). The molecule has 0 aromatic rings. The van der Waals surface area contributed by atoms with Gasteiger partial charge in [0.1, 0.15) is 0 Å². The predicted molar refractivity (Wildman–Crippen MR) is 92.6 cm³/mol. The number of halogens is 27. The third-order valence-electron chi connectivity index (χ3n) is 5.65. The zero-order valence-electron chi connectivity index (χ0n) is 21.0. The minimum absolute atomic E-state index is 1.93. The zero-order valence-corrected chi connectivity index (χ0v) is 21.9. The number of hydrogen-bond donors (Lipinski definition) is 2. The summed E-state index contributed by atoms with van der Waals surface area (Å²) in [5, 5.41) is 0. The van der Waals surface area contributed by atoms with E-state index in [9.17, 15) is 123 Å². The summed E-state index contributed by atoms with van der Waals surface area (Å²) in [6.45, 7) is -1.93. The lowest BCUT2D eigenvalue weighted by atomic mass is 9.83. The molecule has 0 atom stereocenters. The Kier molecular flexibility index (Phi) is 11.5. The Hall–Kier alpha value is -1.78. The van der Waals surface area contributed by atoms with Crippen LogP contribution in [0, 0.1) is 0 Å². The summed E-state index contributed by atoms with van der Waals surface area (Å²) in [5.41, 5.74) is 0. The van der Waals surface area contributed by atoms with Gasteiger partial charge in [-0.3, -0.25) is 4.52 Å². The van der Waals surface area contributed by atoms with Crippen LogP contribution in [-0.2, 0) is 9.09 Å². The maximum absolute atomic E-state index is 13.8. The van der Waals surface area contributed by atoms with Crippen molar-refractivity contribution < 1.29 is 137 Å². The fraction of sp³-hybridized carbons (Fsp3) is 1.00. The molecule has 0 fully saturated rings. The molecular weight excluding hydrogens is 800 g/mol. The summed E-state index contributed by atoms with van der Waals surface area (Å²) in [6.07, 6.45) is -13.5. The Labute approximate surface area is 243 Å². The molecule has 0 aliphatic carbocycles. The van der Waals surface area contributed by atoms with Gasteiger partial charge in [-0.1, -0.05) is 0 Å². The second kappa shape index (κ2) is 11.9. The number of alkyl halides is 27. The molecule has 290 valence electrons. The van der Waals surface area contributed by atoms with Crippen molar-refractivity contribution >= 4 is 7.82 Å².